The number of piperidine rings is 1. The molecule has 3 atom stereocenters. The Morgan fingerprint density at radius 1 is 1.55 bits per heavy atom. The van der Waals surface area contributed by atoms with Crippen LogP contribution in [0, 0.1) is 11.8 Å². The van der Waals surface area contributed by atoms with Crippen LogP contribution in [0.1, 0.15) is 19.8 Å². The summed E-state index contributed by atoms with van der Waals surface area (Å²) in [4.78, 5) is 2.53. The van der Waals surface area contributed by atoms with Gasteiger partial charge in [0, 0.05) is 19.1 Å². The van der Waals surface area contributed by atoms with Crippen LogP contribution >= 0.6 is 0 Å². The predicted octanol–water partition coefficient (Wildman–Crippen LogP) is 0.675. The van der Waals surface area contributed by atoms with E-state index in [1.165, 1.54) is 25.9 Å². The van der Waals surface area contributed by atoms with Gasteiger partial charge >= 0.3 is 0 Å². The lowest BCUT2D eigenvalue weighted by Crippen LogP contribution is -2.39. The van der Waals surface area contributed by atoms with Gasteiger partial charge in [-0.1, -0.05) is 0 Å². The first-order valence-electron chi connectivity index (χ1n) is 4.73. The Kier molecular flexibility index (Phi) is 1.90. The summed E-state index contributed by atoms with van der Waals surface area (Å²) in [6, 6.07) is 0.352. The fraction of sp³-hybridized carbons (Fsp3) is 1.00. The zero-order chi connectivity index (χ0) is 7.84. The van der Waals surface area contributed by atoms with Crippen LogP contribution in [0.25, 0.3) is 0 Å². The second-order valence-corrected chi connectivity index (χ2v) is 4.28. The van der Waals surface area contributed by atoms with Crippen molar-refractivity contribution in [3.05, 3.63) is 0 Å². The summed E-state index contributed by atoms with van der Waals surface area (Å²) >= 11 is 0. The van der Waals surface area contributed by atoms with Crippen molar-refractivity contribution in [2.24, 2.45) is 17.6 Å². The van der Waals surface area contributed by atoms with Gasteiger partial charge in [-0.3, -0.25) is 0 Å². The number of rotatable bonds is 2. The standard InChI is InChI=1S/C9H18N2/c1-7(10)5-11-3-2-8-4-9(8)6-11/h7-9H,2-6,10H2,1H3/t7-,8?,9?/m1/s1. The minimum absolute atomic E-state index is 0.352. The summed E-state index contributed by atoms with van der Waals surface area (Å²) in [6.45, 7) is 5.82. The molecule has 2 aliphatic rings. The molecule has 2 nitrogen and oxygen atoms in total. The van der Waals surface area contributed by atoms with Crippen molar-refractivity contribution in [1.29, 1.82) is 0 Å². The average Bonchev–Trinajstić information content (AvgIpc) is 2.63. The Bertz CT molecular complexity index is 142. The van der Waals surface area contributed by atoms with Gasteiger partial charge in [-0.2, -0.15) is 0 Å². The molecule has 0 aromatic carbocycles. The highest BCUT2D eigenvalue weighted by Gasteiger charge is 2.41. The van der Waals surface area contributed by atoms with E-state index in [-0.39, 0.29) is 0 Å². The first kappa shape index (κ1) is 7.56. The van der Waals surface area contributed by atoms with Gasteiger partial charge in [0.1, 0.15) is 0 Å². The first-order chi connectivity index (χ1) is 5.25. The quantitative estimate of drug-likeness (QED) is 0.633. The molecule has 2 N–H and O–H groups in total. The molecule has 0 spiro atoms. The van der Waals surface area contributed by atoms with E-state index in [0.717, 1.165) is 18.4 Å². The number of fused-ring (bicyclic) bond motifs is 1. The molecular weight excluding hydrogens is 136 g/mol. The molecule has 1 aliphatic heterocycles. The van der Waals surface area contributed by atoms with Crippen molar-refractivity contribution < 1.29 is 0 Å². The van der Waals surface area contributed by atoms with Crippen LogP contribution in [0.5, 0.6) is 0 Å². The van der Waals surface area contributed by atoms with E-state index in [2.05, 4.69) is 11.8 Å². The molecule has 2 rings (SSSR count). The maximum Gasteiger partial charge on any atom is 0.0139 e. The predicted molar refractivity (Wildman–Crippen MR) is 46.3 cm³/mol. The largest absolute Gasteiger partial charge is 0.327 e. The maximum atomic E-state index is 5.74. The van der Waals surface area contributed by atoms with Crippen molar-refractivity contribution in [2.75, 3.05) is 19.6 Å². The highest BCUT2D eigenvalue weighted by Crippen LogP contribution is 2.44. The SMILES string of the molecule is C[C@@H](N)CN1CCC2CC2C1. The van der Waals surface area contributed by atoms with E-state index < -0.39 is 0 Å². The molecular formula is C9H18N2. The first-order valence-corrected chi connectivity index (χ1v) is 4.73. The topological polar surface area (TPSA) is 29.3 Å². The lowest BCUT2D eigenvalue weighted by molar-refractivity contribution is 0.211. The molecule has 0 amide bonds. The van der Waals surface area contributed by atoms with Crippen LogP contribution in [0.4, 0.5) is 0 Å². The van der Waals surface area contributed by atoms with Crippen LogP contribution in [-0.4, -0.2) is 30.6 Å². The third kappa shape index (κ3) is 1.74. The van der Waals surface area contributed by atoms with Crippen molar-refractivity contribution in [3.8, 4) is 0 Å². The molecule has 2 unspecified atom stereocenters. The van der Waals surface area contributed by atoms with E-state index in [4.69, 9.17) is 5.73 Å². The van der Waals surface area contributed by atoms with Gasteiger partial charge in [-0.15, -0.1) is 0 Å². The maximum absolute atomic E-state index is 5.74. The Labute approximate surface area is 68.7 Å². The second-order valence-electron chi connectivity index (χ2n) is 4.28. The van der Waals surface area contributed by atoms with Crippen molar-refractivity contribution in [1.82, 2.24) is 4.90 Å². The Hall–Kier alpha value is -0.0800. The molecule has 11 heavy (non-hydrogen) atoms. The number of hydrogen-bond acceptors (Lipinski definition) is 2. The van der Waals surface area contributed by atoms with Gasteiger partial charge in [-0.05, 0) is 38.1 Å². The summed E-state index contributed by atoms with van der Waals surface area (Å²) < 4.78 is 0. The molecule has 0 bridgehead atoms. The summed E-state index contributed by atoms with van der Waals surface area (Å²) in [5, 5.41) is 0. The molecule has 0 aromatic heterocycles. The molecule has 2 heteroatoms. The third-order valence-electron chi connectivity index (χ3n) is 2.92. The molecule has 2 fully saturated rings. The van der Waals surface area contributed by atoms with Crippen LogP contribution in [0.3, 0.4) is 0 Å². The van der Waals surface area contributed by atoms with Crippen LogP contribution in [-0.2, 0) is 0 Å². The Morgan fingerprint density at radius 3 is 3.00 bits per heavy atom. The van der Waals surface area contributed by atoms with Gasteiger partial charge in [0.15, 0.2) is 0 Å². The minimum Gasteiger partial charge on any atom is -0.327 e. The highest BCUT2D eigenvalue weighted by molar-refractivity contribution is 4.93. The number of nitrogens with zero attached hydrogens (tertiary/aromatic N) is 1. The van der Waals surface area contributed by atoms with Gasteiger partial charge in [0.25, 0.3) is 0 Å². The van der Waals surface area contributed by atoms with E-state index in [0.29, 0.717) is 6.04 Å². The summed E-state index contributed by atoms with van der Waals surface area (Å²) in [5.74, 6) is 2.14. The highest BCUT2D eigenvalue weighted by atomic mass is 15.2. The summed E-state index contributed by atoms with van der Waals surface area (Å²) in [7, 11) is 0. The van der Waals surface area contributed by atoms with E-state index in [1.807, 2.05) is 0 Å². The van der Waals surface area contributed by atoms with Gasteiger partial charge in [0.2, 0.25) is 0 Å². The molecule has 1 aliphatic carbocycles. The lowest BCUT2D eigenvalue weighted by atomic mass is 10.1. The molecule has 0 radical (unpaired) electrons. The molecule has 0 aromatic rings. The second kappa shape index (κ2) is 2.76. The normalized spacial score (nSPS) is 39.8. The monoisotopic (exact) mass is 154 g/mol. The van der Waals surface area contributed by atoms with Gasteiger partial charge < -0.3 is 10.6 Å². The molecule has 1 saturated heterocycles. The zero-order valence-corrected chi connectivity index (χ0v) is 7.29. The van der Waals surface area contributed by atoms with E-state index in [9.17, 15) is 0 Å². The van der Waals surface area contributed by atoms with Crippen LogP contribution < -0.4 is 5.73 Å². The van der Waals surface area contributed by atoms with Gasteiger partial charge in [-0.25, -0.2) is 0 Å². The van der Waals surface area contributed by atoms with E-state index >= 15 is 0 Å². The van der Waals surface area contributed by atoms with Crippen molar-refractivity contribution in [2.45, 2.75) is 25.8 Å². The van der Waals surface area contributed by atoms with E-state index in [1.54, 1.807) is 0 Å². The van der Waals surface area contributed by atoms with Gasteiger partial charge in [0.05, 0.1) is 0 Å². The van der Waals surface area contributed by atoms with Crippen LogP contribution in [0.15, 0.2) is 0 Å². The Balaban J connectivity index is 1.76. The molecule has 1 heterocycles. The number of hydrogen-bond donors (Lipinski definition) is 1. The summed E-state index contributed by atoms with van der Waals surface area (Å²) in [6.07, 6.45) is 2.92. The fourth-order valence-corrected chi connectivity index (χ4v) is 2.23. The van der Waals surface area contributed by atoms with Crippen molar-refractivity contribution in [3.63, 3.8) is 0 Å². The molecule has 1 saturated carbocycles. The van der Waals surface area contributed by atoms with Crippen molar-refractivity contribution >= 4 is 0 Å². The summed E-state index contributed by atoms with van der Waals surface area (Å²) in [5.41, 5.74) is 5.74. The average molecular weight is 154 g/mol. The molecule has 64 valence electrons. The minimum atomic E-state index is 0.352. The smallest absolute Gasteiger partial charge is 0.0139 e. The Morgan fingerprint density at radius 2 is 2.36 bits per heavy atom. The fourth-order valence-electron chi connectivity index (χ4n) is 2.23. The van der Waals surface area contributed by atoms with Crippen LogP contribution in [0.2, 0.25) is 0 Å². The zero-order valence-electron chi connectivity index (χ0n) is 7.29. The third-order valence-corrected chi connectivity index (χ3v) is 2.92. The number of nitrogens with two attached hydrogens (primary N) is 1. The number of likely N-dealkylation sites (tertiary alicyclic amines) is 1. The lowest BCUT2D eigenvalue weighted by Gasteiger charge is -2.27.